The number of esters is 1. The molecule has 0 spiro atoms. The fourth-order valence-electron chi connectivity index (χ4n) is 2.69. The van der Waals surface area contributed by atoms with Gasteiger partial charge in [-0.05, 0) is 32.0 Å². The number of hydrogen-bond donors (Lipinski definition) is 1. The maximum absolute atomic E-state index is 13.4. The second-order valence-corrected chi connectivity index (χ2v) is 7.06. The highest BCUT2D eigenvalue weighted by Gasteiger charge is 2.30. The summed E-state index contributed by atoms with van der Waals surface area (Å²) in [5.74, 6) is -2.21. The number of nitrogens with one attached hydrogen (secondary N) is 1. The third-order valence-corrected chi connectivity index (χ3v) is 5.07. The van der Waals surface area contributed by atoms with E-state index in [2.05, 4.69) is 5.32 Å². The summed E-state index contributed by atoms with van der Waals surface area (Å²) in [5.41, 5.74) is 0.747. The molecule has 2 heterocycles. The lowest BCUT2D eigenvalue weighted by Gasteiger charge is -2.15. The number of aryl methyl sites for hydroxylation is 1. The molecule has 0 bridgehead atoms. The number of amides is 3. The zero-order valence-electron chi connectivity index (χ0n) is 15.1. The van der Waals surface area contributed by atoms with Crippen LogP contribution in [0.4, 0.5) is 9.18 Å². The molecule has 3 rings (SSSR count). The molecule has 1 N–H and O–H groups in total. The average molecular weight is 408 g/mol. The number of rotatable bonds is 6. The van der Waals surface area contributed by atoms with E-state index in [4.69, 9.17) is 9.15 Å². The van der Waals surface area contributed by atoms with E-state index < -0.39 is 23.8 Å². The average Bonchev–Trinajstić information content (AvgIpc) is 3.15. The van der Waals surface area contributed by atoms with Gasteiger partial charge >= 0.3 is 5.97 Å². The lowest BCUT2D eigenvalue weighted by atomic mass is 10.1. The zero-order valence-corrected chi connectivity index (χ0v) is 15.9. The molecule has 10 heteroatoms. The van der Waals surface area contributed by atoms with Crippen LogP contribution in [0, 0.1) is 12.7 Å². The number of nitrogens with zero attached hydrogens (tertiary/aromatic N) is 1. The quantitative estimate of drug-likeness (QED) is 0.731. The number of carbonyl (C=O) groups excluding carboxylic acids is 4. The van der Waals surface area contributed by atoms with Gasteiger partial charge in [0.05, 0.1) is 5.75 Å². The van der Waals surface area contributed by atoms with Gasteiger partial charge in [-0.1, -0.05) is 11.8 Å². The number of halogens is 1. The summed E-state index contributed by atoms with van der Waals surface area (Å²) in [4.78, 5) is 48.4. The van der Waals surface area contributed by atoms with E-state index in [-0.39, 0.29) is 35.7 Å². The molecule has 1 aromatic heterocycles. The number of carbonyl (C=O) groups is 4. The van der Waals surface area contributed by atoms with Crippen LogP contribution >= 0.6 is 11.8 Å². The van der Waals surface area contributed by atoms with Crippen molar-refractivity contribution in [3.63, 3.8) is 0 Å². The summed E-state index contributed by atoms with van der Waals surface area (Å²) in [6.07, 6.45) is -1.13. The molecule has 1 atom stereocenters. The van der Waals surface area contributed by atoms with Gasteiger partial charge in [-0.3, -0.25) is 19.3 Å². The van der Waals surface area contributed by atoms with Crippen molar-refractivity contribution in [1.29, 1.82) is 0 Å². The molecule has 0 radical (unpaired) electrons. The predicted octanol–water partition coefficient (Wildman–Crippen LogP) is 2.24. The van der Waals surface area contributed by atoms with E-state index in [0.29, 0.717) is 16.5 Å². The van der Waals surface area contributed by atoms with Crippen LogP contribution in [0.5, 0.6) is 0 Å². The zero-order chi connectivity index (χ0) is 20.4. The molecule has 0 saturated carbocycles. The van der Waals surface area contributed by atoms with Gasteiger partial charge < -0.3 is 14.5 Å². The molecule has 3 amide bonds. The molecule has 148 valence electrons. The standard InChI is InChI=1S/C18H17FN2O6S/c1-9-12-7-11(19)3-4-13(12)27-15(9)17(24)26-10(2)16(23)20-5-6-21-14(22)8-28-18(21)25/h3-4,7,10H,5-6,8H2,1-2H3,(H,20,23)/t10-/m1/s1. The molecule has 1 saturated heterocycles. The maximum Gasteiger partial charge on any atom is 0.375 e. The van der Waals surface area contributed by atoms with E-state index in [1.54, 1.807) is 6.92 Å². The lowest BCUT2D eigenvalue weighted by molar-refractivity contribution is -0.130. The first kappa shape index (κ1) is 19.9. The summed E-state index contributed by atoms with van der Waals surface area (Å²) in [6.45, 7) is 3.06. The Balaban J connectivity index is 1.56. The lowest BCUT2D eigenvalue weighted by Crippen LogP contribution is -2.41. The fraction of sp³-hybridized carbons (Fsp3) is 0.333. The van der Waals surface area contributed by atoms with Gasteiger partial charge in [0.1, 0.15) is 11.4 Å². The highest BCUT2D eigenvalue weighted by Crippen LogP contribution is 2.26. The Hall–Kier alpha value is -2.88. The van der Waals surface area contributed by atoms with E-state index in [1.165, 1.54) is 25.1 Å². The van der Waals surface area contributed by atoms with Crippen molar-refractivity contribution in [1.82, 2.24) is 10.2 Å². The van der Waals surface area contributed by atoms with Gasteiger partial charge in [0.15, 0.2) is 6.10 Å². The van der Waals surface area contributed by atoms with Crippen LogP contribution in [0.2, 0.25) is 0 Å². The Morgan fingerprint density at radius 3 is 2.82 bits per heavy atom. The number of fused-ring (bicyclic) bond motifs is 1. The van der Waals surface area contributed by atoms with Gasteiger partial charge in [-0.25, -0.2) is 9.18 Å². The Bertz CT molecular complexity index is 956. The van der Waals surface area contributed by atoms with Crippen LogP contribution in [0.15, 0.2) is 22.6 Å². The van der Waals surface area contributed by atoms with Crippen molar-refractivity contribution in [2.75, 3.05) is 18.8 Å². The summed E-state index contributed by atoms with van der Waals surface area (Å²) >= 11 is 0.910. The molecule has 8 nitrogen and oxygen atoms in total. The normalized spacial score (nSPS) is 15.2. The van der Waals surface area contributed by atoms with Crippen molar-refractivity contribution in [2.45, 2.75) is 20.0 Å². The van der Waals surface area contributed by atoms with E-state index in [9.17, 15) is 23.6 Å². The van der Waals surface area contributed by atoms with Crippen molar-refractivity contribution in [2.24, 2.45) is 0 Å². The maximum atomic E-state index is 13.4. The van der Waals surface area contributed by atoms with Crippen LogP contribution in [-0.4, -0.2) is 52.9 Å². The minimum absolute atomic E-state index is 0.0434. The first-order valence-electron chi connectivity index (χ1n) is 8.42. The smallest absolute Gasteiger partial charge is 0.375 e. The molecule has 1 aliphatic heterocycles. The van der Waals surface area contributed by atoms with Gasteiger partial charge in [-0.15, -0.1) is 0 Å². The van der Waals surface area contributed by atoms with Gasteiger partial charge in [0.25, 0.3) is 11.1 Å². The minimum Gasteiger partial charge on any atom is -0.449 e. The molecular formula is C18H17FN2O6S. The third kappa shape index (κ3) is 4.01. The number of furan rings is 1. The Labute approximate surface area is 163 Å². The first-order chi connectivity index (χ1) is 13.3. The topological polar surface area (TPSA) is 106 Å². The monoisotopic (exact) mass is 408 g/mol. The van der Waals surface area contributed by atoms with Crippen LogP contribution < -0.4 is 5.32 Å². The molecule has 1 fully saturated rings. The predicted molar refractivity (Wildman–Crippen MR) is 98.4 cm³/mol. The first-order valence-corrected chi connectivity index (χ1v) is 9.41. The summed E-state index contributed by atoms with van der Waals surface area (Å²) in [7, 11) is 0. The Kier molecular flexibility index (Phi) is 5.68. The van der Waals surface area contributed by atoms with Crippen molar-refractivity contribution in [3.05, 3.63) is 35.3 Å². The molecule has 1 aromatic carbocycles. The molecule has 28 heavy (non-hydrogen) atoms. The van der Waals surface area contributed by atoms with Crippen LogP contribution in [0.25, 0.3) is 11.0 Å². The number of imide groups is 1. The fourth-order valence-corrected chi connectivity index (χ4v) is 3.44. The number of ether oxygens (including phenoxy) is 1. The number of hydrogen-bond acceptors (Lipinski definition) is 7. The Morgan fingerprint density at radius 1 is 1.39 bits per heavy atom. The van der Waals surface area contributed by atoms with Crippen LogP contribution in [-0.2, 0) is 14.3 Å². The van der Waals surface area contributed by atoms with Gasteiger partial charge in [0.2, 0.25) is 11.7 Å². The van der Waals surface area contributed by atoms with Crippen molar-refractivity contribution in [3.8, 4) is 0 Å². The molecule has 2 aromatic rings. The molecule has 0 aliphatic carbocycles. The number of thioether (sulfide) groups is 1. The highest BCUT2D eigenvalue weighted by molar-refractivity contribution is 8.14. The molecule has 0 unspecified atom stereocenters. The molecule has 1 aliphatic rings. The summed E-state index contributed by atoms with van der Waals surface area (Å²) in [5, 5.41) is 2.60. The second-order valence-electron chi connectivity index (χ2n) is 6.14. The molecular weight excluding hydrogens is 391 g/mol. The minimum atomic E-state index is -1.13. The van der Waals surface area contributed by atoms with E-state index in [0.717, 1.165) is 16.7 Å². The Morgan fingerprint density at radius 2 is 2.14 bits per heavy atom. The van der Waals surface area contributed by atoms with Gasteiger partial charge in [0, 0.05) is 24.0 Å². The summed E-state index contributed by atoms with van der Waals surface area (Å²) < 4.78 is 23.9. The van der Waals surface area contributed by atoms with Gasteiger partial charge in [-0.2, -0.15) is 0 Å². The summed E-state index contributed by atoms with van der Waals surface area (Å²) in [6, 6.07) is 3.87. The number of benzene rings is 1. The van der Waals surface area contributed by atoms with E-state index >= 15 is 0 Å². The third-order valence-electron chi connectivity index (χ3n) is 4.21. The van der Waals surface area contributed by atoms with Crippen LogP contribution in [0.3, 0.4) is 0 Å². The van der Waals surface area contributed by atoms with Crippen molar-refractivity contribution < 1.29 is 32.7 Å². The SMILES string of the molecule is Cc1c(C(=O)O[C@H](C)C(=O)NCCN2C(=O)CSC2=O)oc2ccc(F)cc12. The van der Waals surface area contributed by atoms with E-state index in [1.807, 2.05) is 0 Å². The van der Waals surface area contributed by atoms with Crippen molar-refractivity contribution >= 4 is 45.8 Å². The van der Waals surface area contributed by atoms with Crippen LogP contribution in [0.1, 0.15) is 23.0 Å². The largest absolute Gasteiger partial charge is 0.449 e. The highest BCUT2D eigenvalue weighted by atomic mass is 32.2. The second kappa shape index (κ2) is 8.01.